The van der Waals surface area contributed by atoms with E-state index in [1.165, 1.54) is 25.0 Å². The fourth-order valence-corrected chi connectivity index (χ4v) is 2.75. The lowest BCUT2D eigenvalue weighted by Gasteiger charge is -2.15. The summed E-state index contributed by atoms with van der Waals surface area (Å²) in [5.41, 5.74) is 0.209. The molecule has 0 spiro atoms. The molecule has 1 aromatic rings. The molecule has 4 heteroatoms. The zero-order valence-electron chi connectivity index (χ0n) is 10.9. The van der Waals surface area contributed by atoms with E-state index in [2.05, 4.69) is 12.2 Å². The van der Waals surface area contributed by atoms with Gasteiger partial charge in [0.15, 0.2) is 0 Å². The third-order valence-electron chi connectivity index (χ3n) is 4.49. The van der Waals surface area contributed by atoms with Gasteiger partial charge in [0.05, 0.1) is 5.56 Å². The molecule has 3 rings (SSSR count). The van der Waals surface area contributed by atoms with Gasteiger partial charge in [-0.1, -0.05) is 25.1 Å². The topological polar surface area (TPSA) is 12.0 Å². The van der Waals surface area contributed by atoms with Crippen LogP contribution in [0.2, 0.25) is 0 Å². The Morgan fingerprint density at radius 2 is 2.05 bits per heavy atom. The fourth-order valence-electron chi connectivity index (χ4n) is 2.75. The third-order valence-corrected chi connectivity index (χ3v) is 4.49. The first-order valence-electron chi connectivity index (χ1n) is 6.81. The Hall–Kier alpha value is -1.03. The number of alkyl halides is 3. The number of rotatable bonds is 4. The monoisotopic (exact) mass is 269 g/mol. The van der Waals surface area contributed by atoms with Crippen LogP contribution in [0.5, 0.6) is 0 Å². The van der Waals surface area contributed by atoms with Crippen LogP contribution in [0.1, 0.15) is 37.3 Å². The molecule has 2 saturated carbocycles. The van der Waals surface area contributed by atoms with Crippen molar-refractivity contribution in [2.24, 2.45) is 5.92 Å². The largest absolute Gasteiger partial charge is 0.416 e. The van der Waals surface area contributed by atoms with Gasteiger partial charge < -0.3 is 5.32 Å². The molecule has 1 N–H and O–H groups in total. The number of benzene rings is 1. The predicted octanol–water partition coefficient (Wildman–Crippen LogP) is 3.74. The van der Waals surface area contributed by atoms with Crippen LogP contribution in [0.4, 0.5) is 13.2 Å². The molecule has 0 radical (unpaired) electrons. The van der Waals surface area contributed by atoms with Crippen molar-refractivity contribution in [3.8, 4) is 0 Å². The maximum Gasteiger partial charge on any atom is 0.416 e. The molecule has 0 aliphatic heterocycles. The quantitative estimate of drug-likeness (QED) is 0.878. The Morgan fingerprint density at radius 3 is 2.68 bits per heavy atom. The van der Waals surface area contributed by atoms with Crippen LogP contribution in [0, 0.1) is 5.92 Å². The number of hydrogen-bond acceptors (Lipinski definition) is 1. The number of nitrogens with one attached hydrogen (secondary N) is 1. The van der Waals surface area contributed by atoms with Gasteiger partial charge >= 0.3 is 6.18 Å². The van der Waals surface area contributed by atoms with Crippen LogP contribution in [0.15, 0.2) is 24.3 Å². The summed E-state index contributed by atoms with van der Waals surface area (Å²) in [6.07, 6.45) is -0.781. The Morgan fingerprint density at radius 1 is 1.32 bits per heavy atom. The second-order valence-corrected chi connectivity index (χ2v) is 6.08. The normalized spacial score (nSPS) is 30.4. The molecule has 2 atom stereocenters. The van der Waals surface area contributed by atoms with Gasteiger partial charge in [-0.25, -0.2) is 0 Å². The minimum atomic E-state index is -4.25. The van der Waals surface area contributed by atoms with Gasteiger partial charge in [0.25, 0.3) is 0 Å². The van der Waals surface area contributed by atoms with Gasteiger partial charge in [0.1, 0.15) is 0 Å². The molecular weight excluding hydrogens is 251 g/mol. The van der Waals surface area contributed by atoms with Crippen LogP contribution in [-0.2, 0) is 11.6 Å². The lowest BCUT2D eigenvalue weighted by Crippen LogP contribution is -2.22. The summed E-state index contributed by atoms with van der Waals surface area (Å²) in [4.78, 5) is 0. The van der Waals surface area contributed by atoms with Gasteiger partial charge in [-0.05, 0) is 48.8 Å². The van der Waals surface area contributed by atoms with Gasteiger partial charge in [-0.2, -0.15) is 13.2 Å². The Balaban J connectivity index is 1.71. The highest BCUT2D eigenvalue weighted by molar-refractivity contribution is 5.36. The van der Waals surface area contributed by atoms with Crippen molar-refractivity contribution in [2.75, 3.05) is 6.54 Å². The minimum absolute atomic E-state index is 0.0802. The van der Waals surface area contributed by atoms with E-state index in [0.29, 0.717) is 12.0 Å². The van der Waals surface area contributed by atoms with E-state index in [4.69, 9.17) is 0 Å². The zero-order valence-corrected chi connectivity index (χ0v) is 10.9. The maximum atomic E-state index is 12.7. The Labute approximate surface area is 111 Å². The van der Waals surface area contributed by atoms with Crippen molar-refractivity contribution in [3.05, 3.63) is 35.4 Å². The van der Waals surface area contributed by atoms with E-state index in [-0.39, 0.29) is 5.41 Å². The predicted molar refractivity (Wildman–Crippen MR) is 67.9 cm³/mol. The molecule has 2 fully saturated rings. The van der Waals surface area contributed by atoms with Crippen molar-refractivity contribution in [1.29, 1.82) is 0 Å². The molecule has 2 aliphatic rings. The highest BCUT2D eigenvalue weighted by Gasteiger charge is 2.51. The van der Waals surface area contributed by atoms with Crippen molar-refractivity contribution >= 4 is 0 Å². The molecule has 2 aliphatic carbocycles. The van der Waals surface area contributed by atoms with Gasteiger partial charge in [-0.15, -0.1) is 0 Å². The molecule has 2 unspecified atom stereocenters. The molecule has 0 bridgehead atoms. The van der Waals surface area contributed by atoms with Gasteiger partial charge in [0, 0.05) is 6.04 Å². The molecule has 0 heterocycles. The fraction of sp³-hybridized carbons (Fsp3) is 0.600. The molecule has 1 nitrogen and oxygen atoms in total. The molecule has 0 aromatic heterocycles. The van der Waals surface area contributed by atoms with E-state index in [9.17, 15) is 13.2 Å². The van der Waals surface area contributed by atoms with Gasteiger partial charge in [0.2, 0.25) is 0 Å². The van der Waals surface area contributed by atoms with Crippen molar-refractivity contribution < 1.29 is 13.2 Å². The highest BCUT2D eigenvalue weighted by Crippen LogP contribution is 2.54. The summed E-state index contributed by atoms with van der Waals surface area (Å²) < 4.78 is 38.2. The first-order valence-corrected chi connectivity index (χ1v) is 6.81. The Kier molecular flexibility index (Phi) is 2.89. The van der Waals surface area contributed by atoms with Crippen LogP contribution in [0.3, 0.4) is 0 Å². The summed E-state index contributed by atoms with van der Waals surface area (Å²) >= 11 is 0. The molecule has 104 valence electrons. The number of hydrogen-bond donors (Lipinski definition) is 1. The molecule has 19 heavy (non-hydrogen) atoms. The highest BCUT2D eigenvalue weighted by atomic mass is 19.4. The molecular formula is C15H18F3N. The van der Waals surface area contributed by atoms with Crippen molar-refractivity contribution in [1.82, 2.24) is 5.32 Å². The molecule has 1 aromatic carbocycles. The maximum absolute atomic E-state index is 12.7. The van der Waals surface area contributed by atoms with Crippen molar-refractivity contribution in [2.45, 2.75) is 43.8 Å². The van der Waals surface area contributed by atoms with Crippen molar-refractivity contribution in [3.63, 3.8) is 0 Å². The molecule has 0 saturated heterocycles. The van der Waals surface area contributed by atoms with Crippen LogP contribution in [-0.4, -0.2) is 12.6 Å². The van der Waals surface area contributed by atoms with E-state index >= 15 is 0 Å². The first kappa shape index (κ1) is 13.0. The minimum Gasteiger partial charge on any atom is -0.314 e. The van der Waals surface area contributed by atoms with Crippen LogP contribution >= 0.6 is 0 Å². The smallest absolute Gasteiger partial charge is 0.314 e. The first-order chi connectivity index (χ1) is 8.89. The lowest BCUT2D eigenvalue weighted by atomic mass is 9.93. The second-order valence-electron chi connectivity index (χ2n) is 6.08. The SMILES string of the molecule is CC1(c2cccc(C(F)(F)F)c2)CC1CNC1CC1. The average Bonchev–Trinajstić information content (AvgIpc) is 3.23. The van der Waals surface area contributed by atoms with E-state index < -0.39 is 11.7 Å². The second kappa shape index (κ2) is 4.23. The third kappa shape index (κ3) is 2.64. The van der Waals surface area contributed by atoms with E-state index in [1.54, 1.807) is 0 Å². The lowest BCUT2D eigenvalue weighted by molar-refractivity contribution is -0.137. The summed E-state index contributed by atoms with van der Waals surface area (Å²) in [5.74, 6) is 0.469. The number of halogens is 3. The van der Waals surface area contributed by atoms with E-state index in [0.717, 1.165) is 24.6 Å². The van der Waals surface area contributed by atoms with Gasteiger partial charge in [-0.3, -0.25) is 0 Å². The average molecular weight is 269 g/mol. The van der Waals surface area contributed by atoms with Crippen LogP contribution in [0.25, 0.3) is 0 Å². The standard InChI is InChI=1S/C15H18F3N/c1-14(8-12(14)9-19-13-5-6-13)10-3-2-4-11(7-10)15(16,17)18/h2-4,7,12-13,19H,5-6,8-9H2,1H3. The zero-order chi connectivity index (χ0) is 13.7. The summed E-state index contributed by atoms with van der Waals surface area (Å²) in [6, 6.07) is 6.47. The summed E-state index contributed by atoms with van der Waals surface area (Å²) in [5, 5.41) is 3.47. The van der Waals surface area contributed by atoms with Crippen LogP contribution < -0.4 is 5.32 Å². The van der Waals surface area contributed by atoms with E-state index in [1.807, 2.05) is 6.07 Å². The Bertz CT molecular complexity index is 479. The summed E-state index contributed by atoms with van der Waals surface area (Å²) in [6.45, 7) is 3.00. The summed E-state index contributed by atoms with van der Waals surface area (Å²) in [7, 11) is 0. The molecule has 0 amide bonds.